The average Bonchev–Trinajstić information content (AvgIpc) is 2.76. The highest BCUT2D eigenvalue weighted by Crippen LogP contribution is 2.18. The Morgan fingerprint density at radius 1 is 1.21 bits per heavy atom. The molecule has 3 heteroatoms. The topological polar surface area (TPSA) is 29.9 Å². The molecule has 2 rings (SSSR count). The van der Waals surface area contributed by atoms with Crippen LogP contribution in [-0.4, -0.2) is 22.1 Å². The Labute approximate surface area is 116 Å². The number of hydrogen-bond acceptors (Lipinski definition) is 2. The fourth-order valence-corrected chi connectivity index (χ4v) is 2.57. The van der Waals surface area contributed by atoms with E-state index in [9.17, 15) is 0 Å². The summed E-state index contributed by atoms with van der Waals surface area (Å²) in [6, 6.07) is 8.92. The number of nitrogens with zero attached hydrogens (tertiary/aromatic N) is 2. The summed E-state index contributed by atoms with van der Waals surface area (Å²) >= 11 is 0. The molecular weight excluding hydrogens is 234 g/mol. The van der Waals surface area contributed by atoms with E-state index in [1.165, 1.54) is 11.3 Å². The molecule has 0 radical (unpaired) electrons. The Bertz CT molecular complexity index is 528. The lowest BCUT2D eigenvalue weighted by Crippen LogP contribution is -2.37. The van der Waals surface area contributed by atoms with E-state index in [2.05, 4.69) is 61.8 Å². The molecule has 0 saturated carbocycles. The quantitative estimate of drug-likeness (QED) is 0.863. The predicted octanol–water partition coefficient (Wildman–Crippen LogP) is 3.23. The van der Waals surface area contributed by atoms with E-state index in [4.69, 9.17) is 4.98 Å². The first-order chi connectivity index (χ1) is 9.17. The number of nitrogens with one attached hydrogen (secondary N) is 1. The first kappa shape index (κ1) is 14.1. The van der Waals surface area contributed by atoms with E-state index in [1.54, 1.807) is 0 Å². The number of aryl methyl sites for hydroxylation is 1. The van der Waals surface area contributed by atoms with Gasteiger partial charge in [-0.1, -0.05) is 39.8 Å². The summed E-state index contributed by atoms with van der Waals surface area (Å²) in [5.41, 5.74) is 2.36. The Morgan fingerprint density at radius 3 is 2.58 bits per heavy atom. The summed E-state index contributed by atoms with van der Waals surface area (Å²) in [5.74, 6) is 1.80. The van der Waals surface area contributed by atoms with Crippen LogP contribution < -0.4 is 5.32 Å². The molecule has 1 aromatic heterocycles. The Hall–Kier alpha value is -1.35. The molecule has 104 valence electrons. The Kier molecular flexibility index (Phi) is 4.59. The van der Waals surface area contributed by atoms with Crippen molar-refractivity contribution in [2.24, 2.45) is 5.92 Å². The second kappa shape index (κ2) is 6.20. The minimum atomic E-state index is 0.493. The molecule has 0 fully saturated rings. The highest BCUT2D eigenvalue weighted by molar-refractivity contribution is 5.75. The van der Waals surface area contributed by atoms with Crippen molar-refractivity contribution in [1.29, 1.82) is 0 Å². The number of benzene rings is 1. The van der Waals surface area contributed by atoms with Gasteiger partial charge in [-0.15, -0.1) is 0 Å². The smallest absolute Gasteiger partial charge is 0.109 e. The molecule has 1 unspecified atom stereocenters. The van der Waals surface area contributed by atoms with Gasteiger partial charge in [0.05, 0.1) is 11.0 Å². The van der Waals surface area contributed by atoms with E-state index in [0.29, 0.717) is 12.0 Å². The molecule has 0 bridgehead atoms. The Balaban J connectivity index is 2.37. The van der Waals surface area contributed by atoms with Crippen LogP contribution in [0.15, 0.2) is 24.3 Å². The lowest BCUT2D eigenvalue weighted by atomic mass is 10.0. The maximum atomic E-state index is 4.74. The van der Waals surface area contributed by atoms with Crippen LogP contribution in [0.1, 0.15) is 33.5 Å². The molecule has 0 aliphatic rings. The minimum Gasteiger partial charge on any atom is -0.326 e. The molecule has 0 aliphatic carbocycles. The molecule has 3 nitrogen and oxygen atoms in total. The Morgan fingerprint density at radius 2 is 1.95 bits per heavy atom. The third kappa shape index (κ3) is 2.98. The third-order valence-corrected chi connectivity index (χ3v) is 3.70. The van der Waals surface area contributed by atoms with Crippen molar-refractivity contribution in [3.63, 3.8) is 0 Å². The van der Waals surface area contributed by atoms with E-state index >= 15 is 0 Å². The number of aromatic nitrogens is 2. The third-order valence-electron chi connectivity index (χ3n) is 3.70. The van der Waals surface area contributed by atoms with Gasteiger partial charge in [-0.05, 0) is 24.6 Å². The second-order valence-corrected chi connectivity index (χ2v) is 5.39. The molecule has 1 heterocycles. The maximum Gasteiger partial charge on any atom is 0.109 e. The monoisotopic (exact) mass is 259 g/mol. The number of rotatable bonds is 6. The van der Waals surface area contributed by atoms with Gasteiger partial charge in [-0.2, -0.15) is 0 Å². The summed E-state index contributed by atoms with van der Waals surface area (Å²) in [5, 5.41) is 3.59. The predicted molar refractivity (Wildman–Crippen MR) is 81.4 cm³/mol. The molecule has 2 aromatic rings. The van der Waals surface area contributed by atoms with Gasteiger partial charge in [-0.25, -0.2) is 4.98 Å². The van der Waals surface area contributed by atoms with Crippen molar-refractivity contribution in [1.82, 2.24) is 14.9 Å². The lowest BCUT2D eigenvalue weighted by Gasteiger charge is -2.23. The average molecular weight is 259 g/mol. The number of fused-ring (bicyclic) bond motifs is 1. The normalized spacial score (nSPS) is 13.3. The SMILES string of the molecule is CCNC(Cn1c(CC)nc2ccccc21)C(C)C. The summed E-state index contributed by atoms with van der Waals surface area (Å²) in [4.78, 5) is 4.74. The highest BCUT2D eigenvalue weighted by atomic mass is 15.1. The molecule has 19 heavy (non-hydrogen) atoms. The zero-order valence-electron chi connectivity index (χ0n) is 12.5. The lowest BCUT2D eigenvalue weighted by molar-refractivity contribution is 0.362. The van der Waals surface area contributed by atoms with Gasteiger partial charge >= 0.3 is 0 Å². The van der Waals surface area contributed by atoms with Crippen LogP contribution in [-0.2, 0) is 13.0 Å². The second-order valence-electron chi connectivity index (χ2n) is 5.39. The molecule has 0 spiro atoms. The molecule has 0 aliphatic heterocycles. The van der Waals surface area contributed by atoms with Crippen LogP contribution in [0.25, 0.3) is 11.0 Å². The molecule has 0 amide bonds. The fourth-order valence-electron chi connectivity index (χ4n) is 2.57. The minimum absolute atomic E-state index is 0.493. The van der Waals surface area contributed by atoms with E-state index in [1.807, 2.05) is 0 Å². The molecule has 1 atom stereocenters. The number of imidazole rings is 1. The highest BCUT2D eigenvalue weighted by Gasteiger charge is 2.16. The van der Waals surface area contributed by atoms with Crippen LogP contribution in [0.2, 0.25) is 0 Å². The van der Waals surface area contributed by atoms with Crippen molar-refractivity contribution in [3.8, 4) is 0 Å². The van der Waals surface area contributed by atoms with Crippen molar-refractivity contribution in [2.45, 2.75) is 46.7 Å². The fraction of sp³-hybridized carbons (Fsp3) is 0.562. The largest absolute Gasteiger partial charge is 0.326 e. The van der Waals surface area contributed by atoms with Gasteiger partial charge in [0.25, 0.3) is 0 Å². The number of hydrogen-bond donors (Lipinski definition) is 1. The van der Waals surface area contributed by atoms with Crippen LogP contribution in [0.4, 0.5) is 0 Å². The molecule has 1 N–H and O–H groups in total. The van der Waals surface area contributed by atoms with Gasteiger partial charge in [0, 0.05) is 19.0 Å². The van der Waals surface area contributed by atoms with E-state index in [-0.39, 0.29) is 0 Å². The van der Waals surface area contributed by atoms with Crippen molar-refractivity contribution >= 4 is 11.0 Å². The van der Waals surface area contributed by atoms with Gasteiger partial charge in [-0.3, -0.25) is 0 Å². The van der Waals surface area contributed by atoms with Gasteiger partial charge in [0.1, 0.15) is 5.82 Å². The van der Waals surface area contributed by atoms with Gasteiger partial charge in [0.2, 0.25) is 0 Å². The first-order valence-corrected chi connectivity index (χ1v) is 7.34. The maximum absolute atomic E-state index is 4.74. The summed E-state index contributed by atoms with van der Waals surface area (Å²) < 4.78 is 2.38. The summed E-state index contributed by atoms with van der Waals surface area (Å²) in [7, 11) is 0. The zero-order valence-corrected chi connectivity index (χ0v) is 12.5. The van der Waals surface area contributed by atoms with Crippen molar-refractivity contribution < 1.29 is 0 Å². The molecular formula is C16H25N3. The van der Waals surface area contributed by atoms with E-state index in [0.717, 1.165) is 25.0 Å². The number of likely N-dealkylation sites (N-methyl/N-ethyl adjacent to an activating group) is 1. The summed E-state index contributed by atoms with van der Waals surface area (Å²) in [6.07, 6.45) is 0.978. The first-order valence-electron chi connectivity index (χ1n) is 7.34. The van der Waals surface area contributed by atoms with Gasteiger partial charge < -0.3 is 9.88 Å². The standard InChI is InChI=1S/C16H25N3/c1-5-16-18-13-9-7-8-10-15(13)19(16)11-14(12(3)4)17-6-2/h7-10,12,14,17H,5-6,11H2,1-4H3. The van der Waals surface area contributed by atoms with Crippen LogP contribution >= 0.6 is 0 Å². The van der Waals surface area contributed by atoms with Crippen molar-refractivity contribution in [2.75, 3.05) is 6.54 Å². The van der Waals surface area contributed by atoms with Gasteiger partial charge in [0.15, 0.2) is 0 Å². The summed E-state index contributed by atoms with van der Waals surface area (Å²) in [6.45, 7) is 10.9. The zero-order chi connectivity index (χ0) is 13.8. The molecule has 0 saturated heterocycles. The van der Waals surface area contributed by atoms with Crippen LogP contribution in [0, 0.1) is 5.92 Å². The van der Waals surface area contributed by atoms with Crippen LogP contribution in [0.3, 0.4) is 0 Å². The van der Waals surface area contributed by atoms with E-state index < -0.39 is 0 Å². The number of para-hydroxylation sites is 2. The molecule has 1 aromatic carbocycles. The van der Waals surface area contributed by atoms with Crippen LogP contribution in [0.5, 0.6) is 0 Å². The van der Waals surface area contributed by atoms with Crippen molar-refractivity contribution in [3.05, 3.63) is 30.1 Å².